The van der Waals surface area contributed by atoms with Crippen molar-refractivity contribution in [3.05, 3.63) is 18.2 Å². The van der Waals surface area contributed by atoms with Crippen LogP contribution in [0.25, 0.3) is 0 Å². The largest absolute Gasteiger partial charge is 0.398 e. The van der Waals surface area contributed by atoms with E-state index in [4.69, 9.17) is 10.9 Å². The number of piperidine rings is 1. The molecule has 0 amide bonds. The van der Waals surface area contributed by atoms with Gasteiger partial charge in [-0.05, 0) is 37.0 Å². The highest BCUT2D eigenvalue weighted by Gasteiger charge is 2.19. The summed E-state index contributed by atoms with van der Waals surface area (Å²) >= 11 is 0. The molecule has 5 nitrogen and oxygen atoms in total. The Morgan fingerprint density at radius 2 is 2.11 bits per heavy atom. The Balaban J connectivity index is 2.29. The third-order valence-electron chi connectivity index (χ3n) is 3.32. The highest BCUT2D eigenvalue weighted by molar-refractivity contribution is 7.89. The molecule has 1 heterocycles. The van der Waals surface area contributed by atoms with E-state index in [-0.39, 0.29) is 10.6 Å². The van der Waals surface area contributed by atoms with Gasteiger partial charge in [0.25, 0.3) is 0 Å². The van der Waals surface area contributed by atoms with Gasteiger partial charge in [0.15, 0.2) is 0 Å². The zero-order valence-electron chi connectivity index (χ0n) is 10.5. The maximum Gasteiger partial charge on any atom is 0.240 e. The zero-order valence-corrected chi connectivity index (χ0v) is 11.3. The number of rotatable bonds is 2. The van der Waals surface area contributed by atoms with Crippen molar-refractivity contribution in [2.24, 2.45) is 11.1 Å². The van der Waals surface area contributed by atoms with Gasteiger partial charge in [0.05, 0.1) is 5.69 Å². The van der Waals surface area contributed by atoms with Crippen LogP contribution in [0.2, 0.25) is 0 Å². The summed E-state index contributed by atoms with van der Waals surface area (Å²) in [4.78, 5) is 2.23. The van der Waals surface area contributed by atoms with Crippen molar-refractivity contribution in [1.82, 2.24) is 0 Å². The molecule has 1 aromatic rings. The number of nitrogens with two attached hydrogens (primary N) is 2. The topological polar surface area (TPSA) is 89.4 Å². The number of hydrogen-bond acceptors (Lipinski definition) is 4. The number of nitrogens with zero attached hydrogens (tertiary/aromatic N) is 1. The molecule has 0 saturated carbocycles. The van der Waals surface area contributed by atoms with Gasteiger partial charge in [0, 0.05) is 18.8 Å². The molecule has 1 saturated heterocycles. The van der Waals surface area contributed by atoms with Crippen LogP contribution in [-0.4, -0.2) is 21.5 Å². The van der Waals surface area contributed by atoms with Gasteiger partial charge in [-0.3, -0.25) is 0 Å². The number of nitrogen functional groups attached to an aromatic ring is 1. The normalized spacial score (nSPS) is 21.0. The molecule has 0 spiro atoms. The van der Waals surface area contributed by atoms with Crippen molar-refractivity contribution in [2.45, 2.75) is 24.7 Å². The van der Waals surface area contributed by atoms with Gasteiger partial charge in [-0.2, -0.15) is 0 Å². The fourth-order valence-electron chi connectivity index (χ4n) is 2.42. The summed E-state index contributed by atoms with van der Waals surface area (Å²) in [6, 6.07) is 4.95. The number of sulfonamides is 1. The molecule has 1 unspecified atom stereocenters. The summed E-state index contributed by atoms with van der Waals surface area (Å²) in [5.74, 6) is 0.651. The summed E-state index contributed by atoms with van der Waals surface area (Å²) < 4.78 is 22.6. The van der Waals surface area contributed by atoms with Crippen molar-refractivity contribution >= 4 is 21.4 Å². The highest BCUT2D eigenvalue weighted by atomic mass is 32.2. The lowest BCUT2D eigenvalue weighted by molar-refractivity contribution is 0.447. The van der Waals surface area contributed by atoms with Gasteiger partial charge in [0.1, 0.15) is 4.90 Å². The van der Waals surface area contributed by atoms with E-state index in [0.29, 0.717) is 5.92 Å². The Hall–Kier alpha value is -1.27. The molecule has 1 aliphatic rings. The Morgan fingerprint density at radius 3 is 2.67 bits per heavy atom. The number of benzene rings is 1. The zero-order chi connectivity index (χ0) is 13.3. The first-order valence-electron chi connectivity index (χ1n) is 6.05. The van der Waals surface area contributed by atoms with E-state index in [9.17, 15) is 8.42 Å². The molecule has 0 aromatic heterocycles. The molecule has 1 fully saturated rings. The van der Waals surface area contributed by atoms with Crippen LogP contribution in [0.1, 0.15) is 19.8 Å². The van der Waals surface area contributed by atoms with Crippen molar-refractivity contribution in [3.8, 4) is 0 Å². The van der Waals surface area contributed by atoms with E-state index in [1.54, 1.807) is 12.1 Å². The molecule has 6 heteroatoms. The maximum atomic E-state index is 11.3. The molecule has 0 bridgehead atoms. The minimum absolute atomic E-state index is 0.00342. The van der Waals surface area contributed by atoms with Crippen LogP contribution >= 0.6 is 0 Å². The summed E-state index contributed by atoms with van der Waals surface area (Å²) in [6.07, 6.45) is 2.39. The summed E-state index contributed by atoms with van der Waals surface area (Å²) in [5.41, 5.74) is 6.94. The van der Waals surface area contributed by atoms with Crippen LogP contribution in [0.5, 0.6) is 0 Å². The van der Waals surface area contributed by atoms with E-state index < -0.39 is 10.0 Å². The fourth-order valence-corrected chi connectivity index (χ4v) is 3.06. The molecular formula is C12H19N3O2S. The average Bonchev–Trinajstić information content (AvgIpc) is 2.27. The molecular weight excluding hydrogens is 250 g/mol. The number of anilines is 2. The van der Waals surface area contributed by atoms with Gasteiger partial charge in [0.2, 0.25) is 10.0 Å². The minimum atomic E-state index is -3.74. The lowest BCUT2D eigenvalue weighted by Crippen LogP contribution is -2.34. The molecule has 0 aliphatic carbocycles. The molecule has 18 heavy (non-hydrogen) atoms. The van der Waals surface area contributed by atoms with E-state index in [2.05, 4.69) is 11.8 Å². The van der Waals surface area contributed by atoms with Gasteiger partial charge >= 0.3 is 0 Å². The van der Waals surface area contributed by atoms with Gasteiger partial charge in [-0.1, -0.05) is 6.92 Å². The van der Waals surface area contributed by atoms with E-state index in [0.717, 1.165) is 25.2 Å². The second-order valence-corrected chi connectivity index (χ2v) is 6.49. The van der Waals surface area contributed by atoms with Crippen LogP contribution < -0.4 is 15.8 Å². The molecule has 1 atom stereocenters. The number of primary sulfonamides is 1. The fraction of sp³-hybridized carbons (Fsp3) is 0.500. The lowest BCUT2D eigenvalue weighted by atomic mass is 10.00. The van der Waals surface area contributed by atoms with Crippen molar-refractivity contribution in [2.75, 3.05) is 23.7 Å². The molecule has 100 valence electrons. The van der Waals surface area contributed by atoms with Crippen LogP contribution in [0.4, 0.5) is 11.4 Å². The summed E-state index contributed by atoms with van der Waals surface area (Å²) in [7, 11) is -3.74. The van der Waals surface area contributed by atoms with Crippen molar-refractivity contribution in [3.63, 3.8) is 0 Å². The quantitative estimate of drug-likeness (QED) is 0.788. The average molecular weight is 269 g/mol. The minimum Gasteiger partial charge on any atom is -0.398 e. The van der Waals surface area contributed by atoms with E-state index >= 15 is 0 Å². The Morgan fingerprint density at radius 1 is 1.39 bits per heavy atom. The summed E-state index contributed by atoms with van der Waals surface area (Å²) in [6.45, 7) is 4.18. The first-order valence-corrected chi connectivity index (χ1v) is 7.60. The number of hydrogen-bond donors (Lipinski definition) is 2. The van der Waals surface area contributed by atoms with Crippen molar-refractivity contribution < 1.29 is 8.42 Å². The second-order valence-electron chi connectivity index (χ2n) is 4.96. The van der Waals surface area contributed by atoms with E-state index in [1.165, 1.54) is 12.5 Å². The molecule has 1 aromatic carbocycles. The third kappa shape index (κ3) is 2.76. The van der Waals surface area contributed by atoms with Gasteiger partial charge in [-0.15, -0.1) is 0 Å². The maximum absolute atomic E-state index is 11.3. The highest BCUT2D eigenvalue weighted by Crippen LogP contribution is 2.27. The molecule has 0 radical (unpaired) electrons. The summed E-state index contributed by atoms with van der Waals surface area (Å²) in [5, 5.41) is 5.09. The van der Waals surface area contributed by atoms with Gasteiger partial charge < -0.3 is 10.6 Å². The SMILES string of the molecule is CC1CCCN(c2ccc(S(N)(=O)=O)c(N)c2)C1. The lowest BCUT2D eigenvalue weighted by Gasteiger charge is -2.33. The second kappa shape index (κ2) is 4.78. The first-order chi connectivity index (χ1) is 8.38. The van der Waals surface area contributed by atoms with Gasteiger partial charge in [-0.25, -0.2) is 13.6 Å². The monoisotopic (exact) mass is 269 g/mol. The first kappa shape index (κ1) is 13.2. The van der Waals surface area contributed by atoms with Crippen LogP contribution in [0.15, 0.2) is 23.1 Å². The Kier molecular flexibility index (Phi) is 3.49. The van der Waals surface area contributed by atoms with E-state index in [1.807, 2.05) is 0 Å². The standard InChI is InChI=1S/C12H19N3O2S/c1-9-3-2-6-15(8-9)10-4-5-12(11(13)7-10)18(14,16)17/h4-5,7,9H,2-3,6,8,13H2,1H3,(H2,14,16,17). The Labute approximate surface area is 108 Å². The molecule has 1 aliphatic heterocycles. The molecule has 2 rings (SSSR count). The van der Waals surface area contributed by atoms with Crippen molar-refractivity contribution in [1.29, 1.82) is 0 Å². The van der Waals surface area contributed by atoms with Crippen LogP contribution in [0, 0.1) is 5.92 Å². The Bertz CT molecular complexity index is 542. The smallest absolute Gasteiger partial charge is 0.240 e. The molecule has 4 N–H and O–H groups in total. The predicted octanol–water partition coefficient (Wildman–Crippen LogP) is 1.15. The predicted molar refractivity (Wildman–Crippen MR) is 72.8 cm³/mol. The van der Waals surface area contributed by atoms with Crippen LogP contribution in [-0.2, 0) is 10.0 Å². The van der Waals surface area contributed by atoms with Crippen LogP contribution in [0.3, 0.4) is 0 Å². The third-order valence-corrected chi connectivity index (χ3v) is 4.31.